The summed E-state index contributed by atoms with van der Waals surface area (Å²) in [7, 11) is 0. The molecule has 1 atom stereocenters. The van der Waals surface area contributed by atoms with E-state index in [4.69, 9.17) is 4.74 Å². The minimum Gasteiger partial charge on any atom is -0.379 e. The Morgan fingerprint density at radius 1 is 1.10 bits per heavy atom. The van der Waals surface area contributed by atoms with Gasteiger partial charge in [0.15, 0.2) is 0 Å². The van der Waals surface area contributed by atoms with Gasteiger partial charge >= 0.3 is 0 Å². The normalized spacial score (nSPS) is 12.8. The van der Waals surface area contributed by atoms with E-state index in [0.717, 1.165) is 39.0 Å². The van der Waals surface area contributed by atoms with Crippen LogP contribution < -0.4 is 5.32 Å². The molecule has 0 aromatic heterocycles. The van der Waals surface area contributed by atoms with E-state index in [0.29, 0.717) is 12.0 Å². The van der Waals surface area contributed by atoms with E-state index in [1.165, 1.54) is 11.1 Å². The van der Waals surface area contributed by atoms with Crippen molar-refractivity contribution in [2.45, 2.75) is 53.0 Å². The maximum atomic E-state index is 5.85. The molecule has 1 aromatic rings. The predicted molar refractivity (Wildman–Crippen MR) is 87.1 cm³/mol. The third-order valence-corrected chi connectivity index (χ3v) is 3.56. The Morgan fingerprint density at radius 3 is 2.35 bits per heavy atom. The van der Waals surface area contributed by atoms with E-state index >= 15 is 0 Å². The van der Waals surface area contributed by atoms with Crippen LogP contribution in [0.4, 0.5) is 0 Å². The van der Waals surface area contributed by atoms with Gasteiger partial charge in [-0.1, -0.05) is 52.0 Å². The summed E-state index contributed by atoms with van der Waals surface area (Å²) in [5.41, 5.74) is 2.73. The number of ether oxygens (including phenoxy) is 1. The fourth-order valence-corrected chi connectivity index (χ4v) is 2.10. The summed E-state index contributed by atoms with van der Waals surface area (Å²) in [4.78, 5) is 0. The fraction of sp³-hybridized carbons (Fsp3) is 0.667. The van der Waals surface area contributed by atoms with Crippen LogP contribution in [0.15, 0.2) is 24.3 Å². The van der Waals surface area contributed by atoms with Crippen molar-refractivity contribution in [3.8, 4) is 0 Å². The van der Waals surface area contributed by atoms with Crippen molar-refractivity contribution in [2.75, 3.05) is 19.8 Å². The minimum atomic E-state index is 0.313. The van der Waals surface area contributed by atoms with Gasteiger partial charge in [0.1, 0.15) is 0 Å². The van der Waals surface area contributed by atoms with Crippen molar-refractivity contribution in [1.82, 2.24) is 5.32 Å². The van der Waals surface area contributed by atoms with E-state index in [9.17, 15) is 0 Å². The predicted octanol–water partition coefficient (Wildman–Crippen LogP) is 4.35. The molecule has 1 rings (SSSR count). The molecule has 0 amide bonds. The standard InChI is InChI=1S/C18H31NO/c1-5-12-19-18(14-20-13-11-15(3)4)17-9-7-16(6-2)8-10-17/h7-10,15,18-19H,5-6,11-14H2,1-4H3. The highest BCUT2D eigenvalue weighted by Crippen LogP contribution is 2.15. The van der Waals surface area contributed by atoms with Crippen LogP contribution in [0.3, 0.4) is 0 Å². The number of hydrogen-bond acceptors (Lipinski definition) is 2. The molecular weight excluding hydrogens is 246 g/mol. The number of rotatable bonds is 10. The van der Waals surface area contributed by atoms with Gasteiger partial charge in [-0.25, -0.2) is 0 Å². The van der Waals surface area contributed by atoms with Crippen LogP contribution in [0.2, 0.25) is 0 Å². The Hall–Kier alpha value is -0.860. The van der Waals surface area contributed by atoms with Crippen molar-refractivity contribution in [2.24, 2.45) is 5.92 Å². The molecule has 1 N–H and O–H groups in total. The van der Waals surface area contributed by atoms with Crippen molar-refractivity contribution in [3.63, 3.8) is 0 Å². The second-order valence-electron chi connectivity index (χ2n) is 5.86. The summed E-state index contributed by atoms with van der Waals surface area (Å²) in [6, 6.07) is 9.23. The van der Waals surface area contributed by atoms with Gasteiger partial charge in [-0.2, -0.15) is 0 Å². The Morgan fingerprint density at radius 2 is 1.80 bits per heavy atom. The minimum absolute atomic E-state index is 0.313. The Balaban J connectivity index is 2.53. The van der Waals surface area contributed by atoms with Gasteiger partial charge in [-0.05, 0) is 42.9 Å². The second kappa shape index (κ2) is 9.95. The van der Waals surface area contributed by atoms with Crippen LogP contribution in [0, 0.1) is 5.92 Å². The summed E-state index contributed by atoms with van der Waals surface area (Å²) in [5.74, 6) is 0.709. The molecule has 1 aromatic carbocycles. The number of nitrogens with one attached hydrogen (secondary N) is 1. The molecule has 114 valence electrons. The van der Waals surface area contributed by atoms with Crippen molar-refractivity contribution in [3.05, 3.63) is 35.4 Å². The molecule has 2 nitrogen and oxygen atoms in total. The first kappa shape index (κ1) is 17.2. The van der Waals surface area contributed by atoms with Crippen molar-refractivity contribution >= 4 is 0 Å². The zero-order valence-corrected chi connectivity index (χ0v) is 13.6. The molecule has 0 aliphatic heterocycles. The van der Waals surface area contributed by atoms with Crippen molar-refractivity contribution in [1.29, 1.82) is 0 Å². The maximum absolute atomic E-state index is 5.85. The molecule has 0 heterocycles. The molecule has 2 heteroatoms. The lowest BCUT2D eigenvalue weighted by atomic mass is 10.0. The lowest BCUT2D eigenvalue weighted by Gasteiger charge is -2.20. The largest absolute Gasteiger partial charge is 0.379 e. The summed E-state index contributed by atoms with van der Waals surface area (Å²) in [5, 5.41) is 3.59. The topological polar surface area (TPSA) is 21.3 Å². The number of benzene rings is 1. The molecule has 0 fully saturated rings. The van der Waals surface area contributed by atoms with Gasteiger partial charge in [0.05, 0.1) is 12.6 Å². The highest BCUT2D eigenvalue weighted by Gasteiger charge is 2.10. The molecule has 20 heavy (non-hydrogen) atoms. The molecule has 0 aliphatic rings. The van der Waals surface area contributed by atoms with Gasteiger partial charge in [-0.15, -0.1) is 0 Å². The highest BCUT2D eigenvalue weighted by atomic mass is 16.5. The van der Waals surface area contributed by atoms with Gasteiger partial charge in [0.2, 0.25) is 0 Å². The third-order valence-electron chi connectivity index (χ3n) is 3.56. The van der Waals surface area contributed by atoms with E-state index < -0.39 is 0 Å². The van der Waals surface area contributed by atoms with E-state index in [1.54, 1.807) is 0 Å². The van der Waals surface area contributed by atoms with Gasteiger partial charge in [-0.3, -0.25) is 0 Å². The molecule has 0 radical (unpaired) electrons. The zero-order valence-electron chi connectivity index (χ0n) is 13.6. The molecule has 0 saturated heterocycles. The summed E-state index contributed by atoms with van der Waals surface area (Å²) in [6.45, 7) is 11.5. The fourth-order valence-electron chi connectivity index (χ4n) is 2.10. The number of hydrogen-bond donors (Lipinski definition) is 1. The second-order valence-corrected chi connectivity index (χ2v) is 5.86. The highest BCUT2D eigenvalue weighted by molar-refractivity contribution is 5.25. The maximum Gasteiger partial charge on any atom is 0.0661 e. The molecule has 0 aliphatic carbocycles. The summed E-state index contributed by atoms with van der Waals surface area (Å²) in [6.07, 6.45) is 3.38. The molecular formula is C18H31NO. The average molecular weight is 277 g/mol. The summed E-state index contributed by atoms with van der Waals surface area (Å²) >= 11 is 0. The lowest BCUT2D eigenvalue weighted by molar-refractivity contribution is 0.102. The van der Waals surface area contributed by atoms with Crippen LogP contribution >= 0.6 is 0 Å². The third kappa shape index (κ3) is 6.53. The SMILES string of the molecule is CCCNC(COCCC(C)C)c1ccc(CC)cc1. The van der Waals surface area contributed by atoms with E-state index in [-0.39, 0.29) is 0 Å². The quantitative estimate of drug-likeness (QED) is 0.642. The summed E-state index contributed by atoms with van der Waals surface area (Å²) < 4.78 is 5.85. The molecule has 1 unspecified atom stereocenters. The first-order chi connectivity index (χ1) is 9.67. The first-order valence-electron chi connectivity index (χ1n) is 8.07. The smallest absolute Gasteiger partial charge is 0.0661 e. The van der Waals surface area contributed by atoms with Crippen LogP contribution in [0.1, 0.15) is 57.7 Å². The number of aryl methyl sites for hydroxylation is 1. The lowest BCUT2D eigenvalue weighted by Crippen LogP contribution is -2.26. The zero-order chi connectivity index (χ0) is 14.8. The molecule has 0 spiro atoms. The van der Waals surface area contributed by atoms with Gasteiger partial charge in [0.25, 0.3) is 0 Å². The average Bonchev–Trinajstić information content (AvgIpc) is 2.46. The molecule has 0 bridgehead atoms. The Labute approximate surface area is 124 Å². The Kier molecular flexibility index (Phi) is 8.56. The van der Waals surface area contributed by atoms with Crippen LogP contribution in [0.25, 0.3) is 0 Å². The van der Waals surface area contributed by atoms with Crippen molar-refractivity contribution < 1.29 is 4.74 Å². The van der Waals surface area contributed by atoms with Crippen LogP contribution in [0.5, 0.6) is 0 Å². The van der Waals surface area contributed by atoms with Crippen LogP contribution in [-0.2, 0) is 11.2 Å². The first-order valence-corrected chi connectivity index (χ1v) is 8.07. The molecule has 0 saturated carbocycles. The monoisotopic (exact) mass is 277 g/mol. The van der Waals surface area contributed by atoms with Gasteiger partial charge < -0.3 is 10.1 Å². The van der Waals surface area contributed by atoms with Gasteiger partial charge in [0, 0.05) is 6.61 Å². The van der Waals surface area contributed by atoms with E-state index in [1.807, 2.05) is 0 Å². The Bertz CT molecular complexity index is 345. The van der Waals surface area contributed by atoms with Crippen LogP contribution in [-0.4, -0.2) is 19.8 Å². The van der Waals surface area contributed by atoms with E-state index in [2.05, 4.69) is 57.3 Å².